The highest BCUT2D eigenvalue weighted by Crippen LogP contribution is 2.20. The van der Waals surface area contributed by atoms with E-state index in [1.807, 2.05) is 61.5 Å². The third-order valence-electron chi connectivity index (χ3n) is 3.87. The van der Waals surface area contributed by atoms with E-state index in [1.165, 1.54) is 0 Å². The Hall–Kier alpha value is -2.17. The molecule has 2 aromatic carbocycles. The minimum Gasteiger partial charge on any atom is -0.388 e. The molecular weight excluding hydrogens is 302 g/mol. The molecule has 2 rings (SSSR count). The van der Waals surface area contributed by atoms with Gasteiger partial charge in [-0.2, -0.15) is 0 Å². The van der Waals surface area contributed by atoms with E-state index in [9.17, 15) is 9.90 Å². The lowest BCUT2D eigenvalue weighted by atomic mass is 10.0. The zero-order chi connectivity index (χ0) is 17.4. The van der Waals surface area contributed by atoms with Gasteiger partial charge in [0.2, 0.25) is 0 Å². The summed E-state index contributed by atoms with van der Waals surface area (Å²) in [5, 5.41) is 13.1. The molecule has 0 aliphatic carbocycles. The molecule has 0 aromatic heterocycles. The second-order valence-corrected chi connectivity index (χ2v) is 5.75. The van der Waals surface area contributed by atoms with Gasteiger partial charge in [0.05, 0.1) is 6.10 Å². The molecule has 0 aliphatic heterocycles. The topological polar surface area (TPSA) is 58.6 Å². The van der Waals surface area contributed by atoms with Crippen molar-refractivity contribution in [2.75, 3.05) is 11.9 Å². The number of hydrogen-bond acceptors (Lipinski definition) is 3. The molecule has 4 nitrogen and oxygen atoms in total. The third-order valence-corrected chi connectivity index (χ3v) is 3.87. The van der Waals surface area contributed by atoms with Crippen molar-refractivity contribution in [2.24, 2.45) is 0 Å². The number of amides is 1. The summed E-state index contributed by atoms with van der Waals surface area (Å²) in [4.78, 5) is 12.0. The Kier molecular flexibility index (Phi) is 6.97. The third kappa shape index (κ3) is 5.48. The van der Waals surface area contributed by atoms with E-state index in [-0.39, 0.29) is 5.91 Å². The maximum absolute atomic E-state index is 12.0. The van der Waals surface area contributed by atoms with Crippen molar-refractivity contribution in [1.29, 1.82) is 0 Å². The SMILES string of the molecule is CCO[C@H](C)C(=O)Nc1cccc(CC[C@H](O)c2ccccc2)c1. The van der Waals surface area contributed by atoms with E-state index < -0.39 is 12.2 Å². The van der Waals surface area contributed by atoms with Crippen LogP contribution in [0.1, 0.15) is 37.5 Å². The zero-order valence-corrected chi connectivity index (χ0v) is 14.2. The summed E-state index contributed by atoms with van der Waals surface area (Å²) in [5.41, 5.74) is 2.75. The first-order valence-corrected chi connectivity index (χ1v) is 8.34. The van der Waals surface area contributed by atoms with E-state index in [2.05, 4.69) is 5.32 Å². The van der Waals surface area contributed by atoms with Gasteiger partial charge >= 0.3 is 0 Å². The molecule has 0 bridgehead atoms. The van der Waals surface area contributed by atoms with Gasteiger partial charge in [-0.15, -0.1) is 0 Å². The van der Waals surface area contributed by atoms with Crippen molar-refractivity contribution >= 4 is 11.6 Å². The maximum Gasteiger partial charge on any atom is 0.253 e. The van der Waals surface area contributed by atoms with Crippen LogP contribution in [0.15, 0.2) is 54.6 Å². The minimum atomic E-state index is -0.484. The van der Waals surface area contributed by atoms with Crippen LogP contribution in [0.25, 0.3) is 0 Å². The van der Waals surface area contributed by atoms with Gasteiger partial charge in [-0.25, -0.2) is 0 Å². The molecule has 1 amide bonds. The summed E-state index contributed by atoms with van der Waals surface area (Å²) in [5.74, 6) is -0.154. The van der Waals surface area contributed by atoms with Crippen molar-refractivity contribution in [3.8, 4) is 0 Å². The van der Waals surface area contributed by atoms with Crippen LogP contribution in [0, 0.1) is 0 Å². The van der Waals surface area contributed by atoms with Crippen molar-refractivity contribution in [2.45, 2.75) is 38.9 Å². The van der Waals surface area contributed by atoms with Crippen molar-refractivity contribution in [3.05, 3.63) is 65.7 Å². The smallest absolute Gasteiger partial charge is 0.253 e. The highest BCUT2D eigenvalue weighted by atomic mass is 16.5. The standard InChI is InChI=1S/C20H25NO3/c1-3-24-15(2)20(23)21-18-11-7-8-16(14-18)12-13-19(22)17-9-5-4-6-10-17/h4-11,14-15,19,22H,3,12-13H2,1-2H3,(H,21,23)/t15-,19+/m1/s1. The molecule has 0 heterocycles. The Morgan fingerprint density at radius 2 is 1.92 bits per heavy atom. The second-order valence-electron chi connectivity index (χ2n) is 5.75. The Balaban J connectivity index is 1.92. The van der Waals surface area contributed by atoms with Gasteiger partial charge in [-0.3, -0.25) is 4.79 Å². The number of aryl methyl sites for hydroxylation is 1. The van der Waals surface area contributed by atoms with Crippen LogP contribution in [0.3, 0.4) is 0 Å². The number of carbonyl (C=O) groups excluding carboxylic acids is 1. The number of rotatable bonds is 8. The van der Waals surface area contributed by atoms with E-state index in [0.717, 1.165) is 23.2 Å². The Morgan fingerprint density at radius 1 is 1.17 bits per heavy atom. The molecule has 0 aliphatic rings. The quantitative estimate of drug-likeness (QED) is 0.777. The molecule has 24 heavy (non-hydrogen) atoms. The molecule has 0 saturated heterocycles. The van der Waals surface area contributed by atoms with Crippen LogP contribution < -0.4 is 5.32 Å². The Bertz CT molecular complexity index is 642. The molecule has 0 fully saturated rings. The summed E-state index contributed by atoms with van der Waals surface area (Å²) >= 11 is 0. The number of anilines is 1. The van der Waals surface area contributed by atoms with Crippen molar-refractivity contribution in [3.63, 3.8) is 0 Å². The van der Waals surface area contributed by atoms with Crippen LogP contribution in [0.4, 0.5) is 5.69 Å². The molecular formula is C20H25NO3. The van der Waals surface area contributed by atoms with Gasteiger partial charge in [0, 0.05) is 12.3 Å². The molecule has 0 spiro atoms. The van der Waals surface area contributed by atoms with E-state index >= 15 is 0 Å². The molecule has 0 saturated carbocycles. The van der Waals surface area contributed by atoms with Crippen molar-refractivity contribution in [1.82, 2.24) is 0 Å². The fourth-order valence-electron chi connectivity index (χ4n) is 2.52. The highest BCUT2D eigenvalue weighted by Gasteiger charge is 2.13. The normalized spacial score (nSPS) is 13.3. The van der Waals surface area contributed by atoms with Gasteiger partial charge in [-0.1, -0.05) is 42.5 Å². The zero-order valence-electron chi connectivity index (χ0n) is 14.2. The maximum atomic E-state index is 12.0. The number of benzene rings is 2. The highest BCUT2D eigenvalue weighted by molar-refractivity contribution is 5.93. The first kappa shape index (κ1) is 18.2. The van der Waals surface area contributed by atoms with Gasteiger partial charge in [-0.05, 0) is 49.9 Å². The first-order valence-electron chi connectivity index (χ1n) is 8.34. The number of aliphatic hydroxyl groups excluding tert-OH is 1. The summed E-state index contributed by atoms with van der Waals surface area (Å²) in [6.45, 7) is 4.10. The monoisotopic (exact) mass is 327 g/mol. The van der Waals surface area contributed by atoms with Crippen LogP contribution in [0.5, 0.6) is 0 Å². The summed E-state index contributed by atoms with van der Waals surface area (Å²) in [6.07, 6.45) is 0.415. The van der Waals surface area contributed by atoms with Gasteiger partial charge in [0.25, 0.3) is 5.91 Å². The predicted molar refractivity (Wildman–Crippen MR) is 95.9 cm³/mol. The predicted octanol–water partition coefficient (Wildman–Crippen LogP) is 3.72. The van der Waals surface area contributed by atoms with E-state index in [4.69, 9.17) is 4.74 Å². The lowest BCUT2D eigenvalue weighted by molar-refractivity contribution is -0.126. The molecule has 2 atom stereocenters. The summed E-state index contributed by atoms with van der Waals surface area (Å²) in [7, 11) is 0. The lowest BCUT2D eigenvalue weighted by Gasteiger charge is -2.14. The number of aliphatic hydroxyl groups is 1. The van der Waals surface area contributed by atoms with Crippen LogP contribution >= 0.6 is 0 Å². The molecule has 4 heteroatoms. The number of nitrogens with one attached hydrogen (secondary N) is 1. The molecule has 0 radical (unpaired) electrons. The van der Waals surface area contributed by atoms with Gasteiger partial charge < -0.3 is 15.2 Å². The Labute approximate surface area is 143 Å². The van der Waals surface area contributed by atoms with Gasteiger partial charge in [0.1, 0.15) is 6.10 Å². The molecule has 2 aromatic rings. The largest absolute Gasteiger partial charge is 0.388 e. The van der Waals surface area contributed by atoms with Crippen LogP contribution in [-0.4, -0.2) is 23.7 Å². The number of ether oxygens (including phenoxy) is 1. The fourth-order valence-corrected chi connectivity index (χ4v) is 2.52. The van der Waals surface area contributed by atoms with Crippen molar-refractivity contribution < 1.29 is 14.6 Å². The average molecular weight is 327 g/mol. The summed E-state index contributed by atoms with van der Waals surface area (Å²) in [6, 6.07) is 17.3. The fraction of sp³-hybridized carbons (Fsp3) is 0.350. The first-order chi connectivity index (χ1) is 11.6. The van der Waals surface area contributed by atoms with E-state index in [0.29, 0.717) is 13.0 Å². The Morgan fingerprint density at radius 3 is 2.62 bits per heavy atom. The average Bonchev–Trinajstić information content (AvgIpc) is 2.61. The summed E-state index contributed by atoms with van der Waals surface area (Å²) < 4.78 is 5.29. The molecule has 128 valence electrons. The van der Waals surface area contributed by atoms with E-state index in [1.54, 1.807) is 6.92 Å². The van der Waals surface area contributed by atoms with Crippen LogP contribution in [0.2, 0.25) is 0 Å². The second kappa shape index (κ2) is 9.21. The van der Waals surface area contributed by atoms with Crippen LogP contribution in [-0.2, 0) is 16.0 Å². The molecule has 2 N–H and O–H groups in total. The van der Waals surface area contributed by atoms with Gasteiger partial charge in [0.15, 0.2) is 0 Å². The minimum absolute atomic E-state index is 0.154. The number of carbonyl (C=O) groups is 1. The molecule has 0 unspecified atom stereocenters. The number of hydrogen-bond donors (Lipinski definition) is 2. The lowest BCUT2D eigenvalue weighted by Crippen LogP contribution is -2.27.